The van der Waals surface area contributed by atoms with Crippen LogP contribution in [0.1, 0.15) is 40.0 Å². The molecule has 7 nitrogen and oxygen atoms in total. The Balaban J connectivity index is 1.86. The van der Waals surface area contributed by atoms with E-state index in [2.05, 4.69) is 12.2 Å². The molecule has 1 heterocycles. The van der Waals surface area contributed by atoms with Crippen molar-refractivity contribution in [3.63, 3.8) is 0 Å². The molecule has 0 saturated heterocycles. The smallest absolute Gasteiger partial charge is 0.245 e. The Hall–Kier alpha value is -3.61. The van der Waals surface area contributed by atoms with Gasteiger partial charge in [-0.15, -0.1) is 0 Å². The van der Waals surface area contributed by atoms with Crippen molar-refractivity contribution >= 4 is 17.6 Å². The molecule has 0 unspecified atom stereocenters. The number of benzene rings is 2. The van der Waals surface area contributed by atoms with Gasteiger partial charge in [0.15, 0.2) is 0 Å². The van der Waals surface area contributed by atoms with Gasteiger partial charge in [0.1, 0.15) is 11.6 Å². The first-order valence-corrected chi connectivity index (χ1v) is 11.8. The van der Waals surface area contributed by atoms with Gasteiger partial charge in [-0.1, -0.05) is 57.5 Å². The van der Waals surface area contributed by atoms with E-state index < -0.39 is 0 Å². The number of carbonyl (C=O) groups excluding carboxylic acids is 2. The van der Waals surface area contributed by atoms with Gasteiger partial charge in [-0.2, -0.15) is 5.10 Å². The third-order valence-corrected chi connectivity index (χ3v) is 5.42. The Bertz CT molecular complexity index is 1080. The molecule has 0 atom stereocenters. The molecule has 1 N–H and O–H groups in total. The summed E-state index contributed by atoms with van der Waals surface area (Å²) in [6.45, 7) is 6.68. The van der Waals surface area contributed by atoms with E-state index in [0.29, 0.717) is 18.8 Å². The van der Waals surface area contributed by atoms with Gasteiger partial charge in [-0.25, -0.2) is 4.68 Å². The van der Waals surface area contributed by atoms with Gasteiger partial charge in [-0.3, -0.25) is 9.59 Å². The predicted molar refractivity (Wildman–Crippen MR) is 135 cm³/mol. The number of amides is 2. The summed E-state index contributed by atoms with van der Waals surface area (Å²) in [5.74, 6) is 1.28. The lowest BCUT2D eigenvalue weighted by Crippen LogP contribution is -2.39. The summed E-state index contributed by atoms with van der Waals surface area (Å²) >= 11 is 0. The number of anilines is 1. The number of carbonyl (C=O) groups is 2. The van der Waals surface area contributed by atoms with Crippen LogP contribution < -0.4 is 10.1 Å². The van der Waals surface area contributed by atoms with Crippen molar-refractivity contribution in [3.05, 3.63) is 60.7 Å². The van der Waals surface area contributed by atoms with Crippen molar-refractivity contribution in [2.24, 2.45) is 5.92 Å². The molecule has 3 rings (SSSR count). The summed E-state index contributed by atoms with van der Waals surface area (Å²) in [5.41, 5.74) is 2.48. The number of hydrogen-bond acceptors (Lipinski definition) is 4. The normalized spacial score (nSPS) is 10.9. The number of aromatic nitrogens is 2. The fourth-order valence-corrected chi connectivity index (χ4v) is 3.62. The Morgan fingerprint density at radius 3 is 2.41 bits per heavy atom. The predicted octanol–water partition coefficient (Wildman–Crippen LogP) is 5.16. The maximum absolute atomic E-state index is 13.0. The Kier molecular flexibility index (Phi) is 8.85. The Labute approximate surface area is 201 Å². The maximum Gasteiger partial charge on any atom is 0.245 e. The van der Waals surface area contributed by atoms with E-state index in [-0.39, 0.29) is 24.3 Å². The fraction of sp³-hybridized carbons (Fsp3) is 0.370. The summed E-state index contributed by atoms with van der Waals surface area (Å²) in [4.78, 5) is 27.4. The van der Waals surface area contributed by atoms with Gasteiger partial charge in [-0.05, 0) is 36.6 Å². The molecule has 0 aliphatic carbocycles. The van der Waals surface area contributed by atoms with E-state index in [1.807, 2.05) is 74.5 Å². The SMILES string of the molecule is CCCCN(CC(=O)Nc1cc(-c2ccccc2)nn1-c1ccc(OC)cc1)C(=O)CC(C)C. The molecule has 0 aliphatic rings. The monoisotopic (exact) mass is 462 g/mol. The van der Waals surface area contributed by atoms with Crippen LogP contribution in [-0.4, -0.2) is 46.7 Å². The lowest BCUT2D eigenvalue weighted by Gasteiger charge is -2.23. The second kappa shape index (κ2) is 12.0. The minimum absolute atomic E-state index is 0.00670. The number of nitrogens with zero attached hydrogens (tertiary/aromatic N) is 3. The van der Waals surface area contributed by atoms with Crippen LogP contribution in [0.15, 0.2) is 60.7 Å². The van der Waals surface area contributed by atoms with E-state index in [1.165, 1.54) is 0 Å². The van der Waals surface area contributed by atoms with Crippen LogP contribution in [0.25, 0.3) is 16.9 Å². The number of nitrogens with one attached hydrogen (secondary N) is 1. The van der Waals surface area contributed by atoms with Gasteiger partial charge >= 0.3 is 0 Å². The lowest BCUT2D eigenvalue weighted by molar-refractivity contribution is -0.135. The molecule has 3 aromatic rings. The third-order valence-electron chi connectivity index (χ3n) is 5.42. The summed E-state index contributed by atoms with van der Waals surface area (Å²) in [7, 11) is 1.62. The molecule has 34 heavy (non-hydrogen) atoms. The van der Waals surface area contributed by atoms with Crippen LogP contribution in [0.4, 0.5) is 5.82 Å². The minimum atomic E-state index is -0.248. The van der Waals surface area contributed by atoms with Crippen LogP contribution in [0.3, 0.4) is 0 Å². The number of unbranched alkanes of at least 4 members (excludes halogenated alkanes) is 1. The topological polar surface area (TPSA) is 76.5 Å². The first-order valence-electron chi connectivity index (χ1n) is 11.8. The molecule has 0 aliphatic heterocycles. The minimum Gasteiger partial charge on any atom is -0.497 e. The highest BCUT2D eigenvalue weighted by atomic mass is 16.5. The van der Waals surface area contributed by atoms with E-state index in [1.54, 1.807) is 16.7 Å². The molecule has 0 radical (unpaired) electrons. The van der Waals surface area contributed by atoms with Crippen LogP contribution >= 0.6 is 0 Å². The van der Waals surface area contributed by atoms with E-state index in [0.717, 1.165) is 35.5 Å². The molecule has 0 spiro atoms. The molecular weight excluding hydrogens is 428 g/mol. The Morgan fingerprint density at radius 1 is 1.09 bits per heavy atom. The van der Waals surface area contributed by atoms with Crippen molar-refractivity contribution in [2.45, 2.75) is 40.0 Å². The number of methoxy groups -OCH3 is 1. The standard InChI is InChI=1S/C27H34N4O3/c1-5-6-16-30(27(33)17-20(2)3)19-26(32)28-25-18-24(21-10-8-7-9-11-21)29-31(25)22-12-14-23(34-4)15-13-22/h7-15,18,20H,5-6,16-17,19H2,1-4H3,(H,28,32). The summed E-state index contributed by atoms with van der Waals surface area (Å²) in [5, 5.41) is 7.72. The highest BCUT2D eigenvalue weighted by molar-refractivity contribution is 5.94. The van der Waals surface area contributed by atoms with Gasteiger partial charge < -0.3 is 15.0 Å². The van der Waals surface area contributed by atoms with E-state index >= 15 is 0 Å². The maximum atomic E-state index is 13.0. The number of rotatable bonds is 11. The molecule has 0 saturated carbocycles. The Morgan fingerprint density at radius 2 is 1.79 bits per heavy atom. The van der Waals surface area contributed by atoms with Crippen molar-refractivity contribution in [1.82, 2.24) is 14.7 Å². The lowest BCUT2D eigenvalue weighted by atomic mass is 10.1. The van der Waals surface area contributed by atoms with E-state index in [4.69, 9.17) is 9.84 Å². The average molecular weight is 463 g/mol. The van der Waals surface area contributed by atoms with E-state index in [9.17, 15) is 9.59 Å². The highest BCUT2D eigenvalue weighted by Crippen LogP contribution is 2.26. The third kappa shape index (κ3) is 6.70. The number of ether oxygens (including phenoxy) is 1. The van der Waals surface area contributed by atoms with Crippen molar-refractivity contribution in [2.75, 3.05) is 25.5 Å². The quantitative estimate of drug-likeness (QED) is 0.427. The molecular formula is C27H34N4O3. The second-order valence-electron chi connectivity index (χ2n) is 8.71. The zero-order valence-electron chi connectivity index (χ0n) is 20.5. The highest BCUT2D eigenvalue weighted by Gasteiger charge is 2.20. The van der Waals surface area contributed by atoms with Crippen LogP contribution in [-0.2, 0) is 9.59 Å². The fourth-order valence-electron chi connectivity index (χ4n) is 3.62. The van der Waals surface area contributed by atoms with Gasteiger partial charge in [0.25, 0.3) is 0 Å². The van der Waals surface area contributed by atoms with Crippen LogP contribution in [0.2, 0.25) is 0 Å². The average Bonchev–Trinajstić information content (AvgIpc) is 3.25. The molecule has 180 valence electrons. The number of hydrogen-bond donors (Lipinski definition) is 1. The summed E-state index contributed by atoms with van der Waals surface area (Å²) in [6, 6.07) is 19.1. The molecule has 0 fully saturated rings. The summed E-state index contributed by atoms with van der Waals surface area (Å²) < 4.78 is 6.96. The zero-order chi connectivity index (χ0) is 24.5. The second-order valence-corrected chi connectivity index (χ2v) is 8.71. The molecule has 1 aromatic heterocycles. The summed E-state index contributed by atoms with van der Waals surface area (Å²) in [6.07, 6.45) is 2.25. The van der Waals surface area contributed by atoms with Gasteiger partial charge in [0, 0.05) is 24.6 Å². The van der Waals surface area contributed by atoms with Gasteiger partial charge in [0.05, 0.1) is 25.0 Å². The molecule has 2 aromatic carbocycles. The van der Waals surface area contributed by atoms with Crippen LogP contribution in [0, 0.1) is 5.92 Å². The molecule has 0 bridgehead atoms. The largest absolute Gasteiger partial charge is 0.497 e. The van der Waals surface area contributed by atoms with Crippen LogP contribution in [0.5, 0.6) is 5.75 Å². The molecule has 2 amide bonds. The molecule has 7 heteroatoms. The first-order chi connectivity index (χ1) is 16.4. The van der Waals surface area contributed by atoms with Crippen molar-refractivity contribution in [3.8, 4) is 22.7 Å². The zero-order valence-corrected chi connectivity index (χ0v) is 20.5. The van der Waals surface area contributed by atoms with Crippen molar-refractivity contribution < 1.29 is 14.3 Å². The van der Waals surface area contributed by atoms with Crippen molar-refractivity contribution in [1.29, 1.82) is 0 Å². The first kappa shape index (κ1) is 25.0. The van der Waals surface area contributed by atoms with Gasteiger partial charge in [0.2, 0.25) is 11.8 Å².